The fourth-order valence-electron chi connectivity index (χ4n) is 5.22. The molecular weight excluding hydrogens is 518 g/mol. The van der Waals surface area contributed by atoms with Crippen molar-refractivity contribution in [3.8, 4) is 28.2 Å². The Labute approximate surface area is 245 Å². The van der Waals surface area contributed by atoms with E-state index < -0.39 is 11.5 Å². The number of hydrazone groups is 1. The fourth-order valence-corrected chi connectivity index (χ4v) is 5.22. The van der Waals surface area contributed by atoms with Gasteiger partial charge in [-0.15, -0.1) is 0 Å². The first kappa shape index (κ1) is 26.7. The van der Waals surface area contributed by atoms with Crippen LogP contribution in [-0.2, 0) is 10.4 Å². The molecule has 0 bridgehead atoms. The van der Waals surface area contributed by atoms with Crippen LogP contribution in [0.5, 0.6) is 0 Å². The summed E-state index contributed by atoms with van der Waals surface area (Å²) >= 11 is 0. The zero-order valence-electron chi connectivity index (χ0n) is 22.8. The lowest BCUT2D eigenvalue weighted by molar-refractivity contribution is -0.136. The zero-order chi connectivity index (χ0) is 28.8. The summed E-state index contributed by atoms with van der Waals surface area (Å²) in [5.41, 5.74) is 7.39. The van der Waals surface area contributed by atoms with Crippen molar-refractivity contribution < 1.29 is 9.90 Å². The predicted molar refractivity (Wildman–Crippen MR) is 168 cm³/mol. The highest BCUT2D eigenvalue weighted by Gasteiger charge is 2.39. The number of benzene rings is 5. The molecular formula is C37H29N3O2. The molecule has 1 aromatic heterocycles. The lowest BCUT2D eigenvalue weighted by atomic mass is 9.85. The number of hydrogen-bond acceptors (Lipinski definition) is 3. The van der Waals surface area contributed by atoms with E-state index in [1.54, 1.807) is 54.7 Å². The smallest absolute Gasteiger partial charge is 0.281 e. The van der Waals surface area contributed by atoms with Crippen LogP contribution in [0.2, 0.25) is 0 Å². The molecule has 0 saturated carbocycles. The van der Waals surface area contributed by atoms with Gasteiger partial charge >= 0.3 is 0 Å². The number of aromatic nitrogens is 1. The van der Waals surface area contributed by atoms with Crippen LogP contribution >= 0.6 is 0 Å². The summed E-state index contributed by atoms with van der Waals surface area (Å²) in [4.78, 5) is 13.6. The lowest BCUT2D eigenvalue weighted by Crippen LogP contribution is -2.43. The summed E-state index contributed by atoms with van der Waals surface area (Å²) in [6.07, 6.45) is 1.64. The molecule has 1 amide bonds. The number of carbonyl (C=O) groups is 1. The van der Waals surface area contributed by atoms with Gasteiger partial charge in [0.05, 0.1) is 17.6 Å². The highest BCUT2D eigenvalue weighted by Crippen LogP contribution is 2.35. The molecule has 0 aliphatic rings. The number of amides is 1. The molecule has 0 radical (unpaired) electrons. The van der Waals surface area contributed by atoms with E-state index in [0.717, 1.165) is 33.8 Å². The van der Waals surface area contributed by atoms with Gasteiger partial charge in [0.2, 0.25) is 0 Å². The van der Waals surface area contributed by atoms with Crippen molar-refractivity contribution in [2.24, 2.45) is 5.10 Å². The number of para-hydroxylation sites is 1. The third-order valence-corrected chi connectivity index (χ3v) is 7.24. The summed E-state index contributed by atoms with van der Waals surface area (Å²) in [7, 11) is 0. The minimum absolute atomic E-state index is 0.454. The number of aliphatic hydroxyl groups is 1. The maximum atomic E-state index is 13.6. The van der Waals surface area contributed by atoms with E-state index in [4.69, 9.17) is 0 Å². The average molecular weight is 548 g/mol. The van der Waals surface area contributed by atoms with E-state index in [1.807, 2.05) is 66.7 Å². The molecule has 5 aromatic carbocycles. The van der Waals surface area contributed by atoms with E-state index in [-0.39, 0.29) is 0 Å². The van der Waals surface area contributed by atoms with E-state index >= 15 is 0 Å². The van der Waals surface area contributed by atoms with Crippen LogP contribution < -0.4 is 5.43 Å². The highest BCUT2D eigenvalue weighted by atomic mass is 16.3. The van der Waals surface area contributed by atoms with Gasteiger partial charge in [0.1, 0.15) is 0 Å². The Bertz CT molecular complexity index is 1760. The molecule has 42 heavy (non-hydrogen) atoms. The number of nitrogens with one attached hydrogen (secondary N) is 1. The molecule has 5 heteroatoms. The normalized spacial score (nSPS) is 11.5. The van der Waals surface area contributed by atoms with Crippen LogP contribution in [0.25, 0.3) is 28.2 Å². The molecule has 0 aliphatic heterocycles. The summed E-state index contributed by atoms with van der Waals surface area (Å²) in [5, 5.41) is 16.2. The topological polar surface area (TPSA) is 66.6 Å². The van der Waals surface area contributed by atoms with Crippen LogP contribution in [0.15, 0.2) is 163 Å². The first-order valence-electron chi connectivity index (χ1n) is 13.7. The van der Waals surface area contributed by atoms with E-state index in [0.29, 0.717) is 11.1 Å². The van der Waals surface area contributed by atoms with Crippen LogP contribution in [0, 0.1) is 0 Å². The number of hydrogen-bond donors (Lipinski definition) is 2. The molecule has 0 fully saturated rings. The molecule has 0 saturated heterocycles. The Morgan fingerprint density at radius 3 is 1.62 bits per heavy atom. The molecule has 6 aromatic rings. The van der Waals surface area contributed by atoms with E-state index in [2.05, 4.69) is 57.6 Å². The molecule has 0 spiro atoms. The molecule has 1 heterocycles. The van der Waals surface area contributed by atoms with Crippen LogP contribution in [0.3, 0.4) is 0 Å². The van der Waals surface area contributed by atoms with Crippen molar-refractivity contribution in [2.75, 3.05) is 0 Å². The highest BCUT2D eigenvalue weighted by molar-refractivity contribution is 5.95. The monoisotopic (exact) mass is 547 g/mol. The van der Waals surface area contributed by atoms with Gasteiger partial charge in [0.15, 0.2) is 5.60 Å². The summed E-state index contributed by atoms with van der Waals surface area (Å²) in [5.74, 6) is -0.650. The largest absolute Gasteiger partial charge is 0.372 e. The SMILES string of the molecule is O=C(N/N=C\c1cc(-c2ccccc2)n(-c2ccccc2)c1-c1ccccc1)C(O)(c1ccccc1)c1ccccc1. The quantitative estimate of drug-likeness (QED) is 0.156. The molecule has 204 valence electrons. The van der Waals surface area contributed by atoms with Gasteiger partial charge in [-0.1, -0.05) is 140 Å². The second kappa shape index (κ2) is 11.9. The van der Waals surface area contributed by atoms with Crippen LogP contribution in [-0.4, -0.2) is 21.8 Å². The van der Waals surface area contributed by atoms with Gasteiger partial charge in [-0.2, -0.15) is 5.10 Å². The van der Waals surface area contributed by atoms with Gasteiger partial charge in [-0.25, -0.2) is 5.43 Å². The third kappa shape index (κ3) is 5.17. The van der Waals surface area contributed by atoms with Crippen molar-refractivity contribution in [1.82, 2.24) is 9.99 Å². The van der Waals surface area contributed by atoms with Crippen molar-refractivity contribution in [3.63, 3.8) is 0 Å². The van der Waals surface area contributed by atoms with Crippen molar-refractivity contribution >= 4 is 12.1 Å². The minimum Gasteiger partial charge on any atom is -0.372 e. The number of nitrogens with zero attached hydrogens (tertiary/aromatic N) is 2. The Balaban J connectivity index is 1.44. The van der Waals surface area contributed by atoms with Gasteiger partial charge in [0, 0.05) is 11.3 Å². The first-order valence-corrected chi connectivity index (χ1v) is 13.7. The zero-order valence-corrected chi connectivity index (χ0v) is 22.8. The molecule has 0 atom stereocenters. The predicted octanol–water partition coefficient (Wildman–Crippen LogP) is 7.20. The molecule has 5 nitrogen and oxygen atoms in total. The number of carbonyl (C=O) groups excluding carboxylic acids is 1. The molecule has 2 N–H and O–H groups in total. The third-order valence-electron chi connectivity index (χ3n) is 7.24. The number of rotatable bonds is 8. The minimum atomic E-state index is -1.92. The second-order valence-electron chi connectivity index (χ2n) is 9.88. The Morgan fingerprint density at radius 2 is 1.10 bits per heavy atom. The van der Waals surface area contributed by atoms with Gasteiger partial charge in [0.25, 0.3) is 5.91 Å². The van der Waals surface area contributed by atoms with Crippen molar-refractivity contribution in [3.05, 3.63) is 174 Å². The standard InChI is InChI=1S/C37H29N3O2/c41-36(37(42,31-20-10-3-11-21-31)32-22-12-4-13-23-32)39-38-27-30-26-34(28-16-6-1-7-17-28)40(33-24-14-5-15-25-33)35(30)29-18-8-2-9-19-29/h1-27,42H,(H,39,41)/b38-27-. The summed E-state index contributed by atoms with van der Waals surface area (Å²) in [6, 6.07) is 50.3. The van der Waals surface area contributed by atoms with Crippen molar-refractivity contribution in [1.29, 1.82) is 0 Å². The van der Waals surface area contributed by atoms with Gasteiger partial charge < -0.3 is 9.67 Å². The van der Waals surface area contributed by atoms with E-state index in [9.17, 15) is 9.90 Å². The average Bonchev–Trinajstić information content (AvgIpc) is 3.45. The molecule has 6 rings (SSSR count). The molecule has 0 unspecified atom stereocenters. The Morgan fingerprint density at radius 1 is 0.643 bits per heavy atom. The lowest BCUT2D eigenvalue weighted by Gasteiger charge is -2.27. The Kier molecular flexibility index (Phi) is 7.58. The van der Waals surface area contributed by atoms with Gasteiger partial charge in [-0.3, -0.25) is 4.79 Å². The van der Waals surface area contributed by atoms with Gasteiger partial charge in [-0.05, 0) is 40.5 Å². The Hall–Kier alpha value is -5.52. The summed E-state index contributed by atoms with van der Waals surface area (Å²) < 4.78 is 2.21. The van der Waals surface area contributed by atoms with Crippen LogP contribution in [0.4, 0.5) is 0 Å². The van der Waals surface area contributed by atoms with E-state index in [1.165, 1.54) is 0 Å². The maximum Gasteiger partial charge on any atom is 0.281 e. The summed E-state index contributed by atoms with van der Waals surface area (Å²) in [6.45, 7) is 0. The van der Waals surface area contributed by atoms with Crippen molar-refractivity contribution in [2.45, 2.75) is 5.60 Å². The van der Waals surface area contributed by atoms with Crippen LogP contribution in [0.1, 0.15) is 16.7 Å². The second-order valence-corrected chi connectivity index (χ2v) is 9.88. The molecule has 0 aliphatic carbocycles. The maximum absolute atomic E-state index is 13.6. The first-order chi connectivity index (χ1) is 20.7. The fraction of sp³-hybridized carbons (Fsp3) is 0.0270.